The number of hydrogen-bond acceptors (Lipinski definition) is 2. The zero-order valence-corrected chi connectivity index (χ0v) is 14.3. The van der Waals surface area contributed by atoms with E-state index in [-0.39, 0.29) is 17.2 Å². The lowest BCUT2D eigenvalue weighted by molar-refractivity contribution is -0.121. The van der Waals surface area contributed by atoms with Crippen molar-refractivity contribution in [2.24, 2.45) is 11.8 Å². The third-order valence-corrected chi connectivity index (χ3v) is 4.56. The molecule has 0 aliphatic heterocycles. The van der Waals surface area contributed by atoms with Gasteiger partial charge in [0.25, 0.3) is 0 Å². The maximum Gasteiger partial charge on any atom is 0.233 e. The Kier molecular flexibility index (Phi) is 6.60. The molecular formula is C17H27NOS. The molecule has 0 unspecified atom stereocenters. The van der Waals surface area contributed by atoms with E-state index in [1.165, 1.54) is 5.56 Å². The number of amides is 1. The molecule has 0 spiro atoms. The van der Waals surface area contributed by atoms with Crippen molar-refractivity contribution in [3.8, 4) is 0 Å². The monoisotopic (exact) mass is 293 g/mol. The van der Waals surface area contributed by atoms with Crippen molar-refractivity contribution in [1.82, 2.24) is 5.32 Å². The molecule has 1 aromatic rings. The van der Waals surface area contributed by atoms with E-state index >= 15 is 0 Å². The van der Waals surface area contributed by atoms with Gasteiger partial charge in [0.1, 0.15) is 0 Å². The van der Waals surface area contributed by atoms with Crippen molar-refractivity contribution in [2.75, 3.05) is 0 Å². The van der Waals surface area contributed by atoms with Gasteiger partial charge in [-0.1, -0.05) is 45.4 Å². The van der Waals surface area contributed by atoms with Gasteiger partial charge in [-0.2, -0.15) is 0 Å². The molecule has 1 N–H and O–H groups in total. The van der Waals surface area contributed by atoms with Crippen LogP contribution in [0.1, 0.15) is 40.2 Å². The van der Waals surface area contributed by atoms with Gasteiger partial charge in [0.05, 0.1) is 5.25 Å². The standard InChI is InChI=1S/C17H27NOS/c1-11(2)16(12(3)4)18-17(19)14(6)20-15-9-7-13(5)8-10-15/h7-12,14,16H,1-6H3,(H,18,19)/t14-/m1/s1. The molecule has 0 bridgehead atoms. The van der Waals surface area contributed by atoms with Gasteiger partial charge in [-0.05, 0) is 37.8 Å². The number of thioether (sulfide) groups is 1. The van der Waals surface area contributed by atoms with E-state index in [1.807, 2.05) is 6.92 Å². The Morgan fingerprint density at radius 2 is 1.50 bits per heavy atom. The summed E-state index contributed by atoms with van der Waals surface area (Å²) in [6, 6.07) is 8.55. The van der Waals surface area contributed by atoms with Crippen molar-refractivity contribution in [3.05, 3.63) is 29.8 Å². The quantitative estimate of drug-likeness (QED) is 0.793. The van der Waals surface area contributed by atoms with Gasteiger partial charge in [-0.15, -0.1) is 11.8 Å². The highest BCUT2D eigenvalue weighted by atomic mass is 32.2. The Labute approximate surface area is 127 Å². The second-order valence-electron chi connectivity index (χ2n) is 6.10. The van der Waals surface area contributed by atoms with Crippen LogP contribution in [0.15, 0.2) is 29.2 Å². The summed E-state index contributed by atoms with van der Waals surface area (Å²) < 4.78 is 0. The molecule has 1 amide bonds. The molecule has 2 nitrogen and oxygen atoms in total. The minimum Gasteiger partial charge on any atom is -0.352 e. The van der Waals surface area contributed by atoms with Crippen LogP contribution in [0.25, 0.3) is 0 Å². The van der Waals surface area contributed by atoms with Crippen molar-refractivity contribution >= 4 is 17.7 Å². The Hall–Kier alpha value is -0.960. The van der Waals surface area contributed by atoms with Crippen LogP contribution in [0.4, 0.5) is 0 Å². The predicted molar refractivity (Wildman–Crippen MR) is 88.1 cm³/mol. The first-order chi connectivity index (χ1) is 9.31. The molecule has 112 valence electrons. The Balaban J connectivity index is 2.60. The van der Waals surface area contributed by atoms with Crippen molar-refractivity contribution in [2.45, 2.75) is 57.7 Å². The first-order valence-electron chi connectivity index (χ1n) is 7.35. The van der Waals surface area contributed by atoms with Gasteiger partial charge in [-0.25, -0.2) is 0 Å². The van der Waals surface area contributed by atoms with Crippen molar-refractivity contribution in [1.29, 1.82) is 0 Å². The fourth-order valence-electron chi connectivity index (χ4n) is 2.26. The lowest BCUT2D eigenvalue weighted by atomic mass is 9.93. The first kappa shape index (κ1) is 17.1. The zero-order chi connectivity index (χ0) is 15.3. The normalized spacial score (nSPS) is 13.1. The summed E-state index contributed by atoms with van der Waals surface area (Å²) in [7, 11) is 0. The lowest BCUT2D eigenvalue weighted by Gasteiger charge is -2.27. The number of benzene rings is 1. The molecule has 0 saturated heterocycles. The third kappa shape index (κ3) is 5.20. The molecular weight excluding hydrogens is 266 g/mol. The highest BCUT2D eigenvalue weighted by molar-refractivity contribution is 8.00. The Morgan fingerprint density at radius 1 is 1.00 bits per heavy atom. The van der Waals surface area contributed by atoms with E-state index in [1.54, 1.807) is 11.8 Å². The molecule has 1 rings (SSSR count). The van der Waals surface area contributed by atoms with Gasteiger partial charge < -0.3 is 5.32 Å². The number of nitrogens with one attached hydrogen (secondary N) is 1. The largest absolute Gasteiger partial charge is 0.352 e. The van der Waals surface area contributed by atoms with Crippen LogP contribution in [-0.4, -0.2) is 17.2 Å². The zero-order valence-electron chi connectivity index (χ0n) is 13.4. The van der Waals surface area contributed by atoms with Gasteiger partial charge in [0.15, 0.2) is 0 Å². The van der Waals surface area contributed by atoms with E-state index in [0.717, 1.165) is 4.90 Å². The lowest BCUT2D eigenvalue weighted by Crippen LogP contribution is -2.45. The van der Waals surface area contributed by atoms with Gasteiger partial charge >= 0.3 is 0 Å². The van der Waals surface area contributed by atoms with E-state index in [0.29, 0.717) is 11.8 Å². The second kappa shape index (κ2) is 7.72. The van der Waals surface area contributed by atoms with Gasteiger partial charge in [-0.3, -0.25) is 4.79 Å². The van der Waals surface area contributed by atoms with Crippen molar-refractivity contribution in [3.63, 3.8) is 0 Å². The fourth-order valence-corrected chi connectivity index (χ4v) is 3.14. The number of carbonyl (C=O) groups excluding carboxylic acids is 1. The topological polar surface area (TPSA) is 29.1 Å². The summed E-state index contributed by atoms with van der Waals surface area (Å²) in [5, 5.41) is 3.12. The molecule has 0 saturated carbocycles. The van der Waals surface area contributed by atoms with E-state index in [9.17, 15) is 4.79 Å². The summed E-state index contributed by atoms with van der Waals surface area (Å²) in [5.41, 5.74) is 1.24. The molecule has 0 aliphatic carbocycles. The van der Waals surface area contributed by atoms with Crippen LogP contribution in [0, 0.1) is 18.8 Å². The van der Waals surface area contributed by atoms with Gasteiger partial charge in [0, 0.05) is 10.9 Å². The number of aryl methyl sites for hydroxylation is 1. The maximum atomic E-state index is 12.3. The second-order valence-corrected chi connectivity index (χ2v) is 7.51. The average molecular weight is 293 g/mol. The molecule has 0 aliphatic rings. The SMILES string of the molecule is Cc1ccc(S[C@H](C)C(=O)NC(C(C)C)C(C)C)cc1. The minimum absolute atomic E-state index is 0.0716. The van der Waals surface area contributed by atoms with Crippen LogP contribution in [-0.2, 0) is 4.79 Å². The average Bonchev–Trinajstić information content (AvgIpc) is 2.37. The number of rotatable bonds is 6. The molecule has 0 heterocycles. The smallest absolute Gasteiger partial charge is 0.233 e. The first-order valence-corrected chi connectivity index (χ1v) is 8.23. The van der Waals surface area contributed by atoms with E-state index < -0.39 is 0 Å². The summed E-state index contributed by atoms with van der Waals surface area (Å²) in [5.74, 6) is 1.04. The van der Waals surface area contributed by atoms with Gasteiger partial charge in [0.2, 0.25) is 5.91 Å². The predicted octanol–water partition coefficient (Wildman–Crippen LogP) is 4.27. The summed E-state index contributed by atoms with van der Waals surface area (Å²) in [4.78, 5) is 13.4. The van der Waals surface area contributed by atoms with Crippen LogP contribution >= 0.6 is 11.8 Å². The van der Waals surface area contributed by atoms with Crippen LogP contribution in [0.3, 0.4) is 0 Å². The third-order valence-electron chi connectivity index (χ3n) is 3.45. The van der Waals surface area contributed by atoms with Crippen LogP contribution < -0.4 is 5.32 Å². The highest BCUT2D eigenvalue weighted by Gasteiger charge is 2.23. The molecule has 1 atom stereocenters. The minimum atomic E-state index is -0.0716. The summed E-state index contributed by atoms with van der Waals surface area (Å²) in [6.45, 7) is 12.7. The number of carbonyl (C=O) groups is 1. The summed E-state index contributed by atoms with van der Waals surface area (Å²) in [6.07, 6.45) is 0. The van der Waals surface area contributed by atoms with E-state index in [4.69, 9.17) is 0 Å². The maximum absolute atomic E-state index is 12.3. The van der Waals surface area contributed by atoms with Crippen LogP contribution in [0.2, 0.25) is 0 Å². The molecule has 3 heteroatoms. The molecule has 20 heavy (non-hydrogen) atoms. The number of hydrogen-bond donors (Lipinski definition) is 1. The highest BCUT2D eigenvalue weighted by Crippen LogP contribution is 2.24. The van der Waals surface area contributed by atoms with E-state index in [2.05, 4.69) is 64.2 Å². The molecule has 0 radical (unpaired) electrons. The molecule has 1 aromatic carbocycles. The molecule has 0 aromatic heterocycles. The molecule has 0 fully saturated rings. The fraction of sp³-hybridized carbons (Fsp3) is 0.588. The summed E-state index contributed by atoms with van der Waals surface area (Å²) >= 11 is 1.61. The van der Waals surface area contributed by atoms with Crippen molar-refractivity contribution < 1.29 is 4.79 Å². The van der Waals surface area contributed by atoms with Crippen LogP contribution in [0.5, 0.6) is 0 Å². The Morgan fingerprint density at radius 3 is 1.95 bits per heavy atom. The Bertz CT molecular complexity index is 417.